The van der Waals surface area contributed by atoms with Crippen LogP contribution in [0.2, 0.25) is 0 Å². The van der Waals surface area contributed by atoms with Crippen LogP contribution < -0.4 is 0 Å². The molecule has 7 heteroatoms. The number of carboxylic acids is 2. The standard InChI is InChI=1S/C21H27NO.C12H20O4.Al.3H/c1-5-20(23)21(16-17(2)22(3)4,18-12-8-6-9-13-18)19-14-10-7-11-15-19;1-2-3-4-5-6-7-8-10(12(15)16)9-11(13)14;;;;/h6-15,17H,5,16H2,1-4H3;7-8,10H,2-6,9H2,1H3,(H,13,14)(H,15,16);;;;/b;8-7+;;;;. The number of aliphatic carboxylic acids is 2. The topological polar surface area (TPSA) is 94.9 Å². The lowest BCUT2D eigenvalue weighted by Crippen LogP contribution is -2.42. The lowest BCUT2D eigenvalue weighted by Gasteiger charge is -2.37. The van der Waals surface area contributed by atoms with Crippen LogP contribution in [0.25, 0.3) is 0 Å². The molecule has 2 aromatic rings. The molecule has 0 saturated heterocycles. The summed E-state index contributed by atoms with van der Waals surface area (Å²) in [6.45, 7) is 6.27. The summed E-state index contributed by atoms with van der Waals surface area (Å²) in [6.07, 6.45) is 9.57. The Balaban J connectivity index is 0.000000794. The third-order valence-electron chi connectivity index (χ3n) is 7.12. The van der Waals surface area contributed by atoms with Crippen molar-refractivity contribution in [1.29, 1.82) is 0 Å². The van der Waals surface area contributed by atoms with E-state index in [0.29, 0.717) is 12.5 Å². The van der Waals surface area contributed by atoms with Gasteiger partial charge in [0.15, 0.2) is 17.4 Å². The van der Waals surface area contributed by atoms with E-state index in [9.17, 15) is 14.4 Å². The van der Waals surface area contributed by atoms with Gasteiger partial charge in [0.2, 0.25) is 0 Å². The molecule has 0 aliphatic heterocycles. The van der Waals surface area contributed by atoms with Crippen molar-refractivity contribution in [2.45, 2.75) is 83.6 Å². The van der Waals surface area contributed by atoms with E-state index in [0.717, 1.165) is 36.8 Å². The van der Waals surface area contributed by atoms with Crippen molar-refractivity contribution in [3.05, 3.63) is 83.9 Å². The number of Topliss-reactive ketones (excluding diaryl/α,β-unsaturated/α-hetero) is 1. The third-order valence-corrected chi connectivity index (χ3v) is 7.12. The summed E-state index contributed by atoms with van der Waals surface area (Å²) in [5.41, 5.74) is 1.60. The van der Waals surface area contributed by atoms with Crippen LogP contribution in [-0.2, 0) is 19.8 Å². The van der Waals surface area contributed by atoms with Gasteiger partial charge in [-0.05, 0) is 51.4 Å². The first-order chi connectivity index (χ1) is 18.6. The van der Waals surface area contributed by atoms with Crippen LogP contribution in [0.5, 0.6) is 0 Å². The predicted octanol–water partition coefficient (Wildman–Crippen LogP) is 5.80. The number of benzene rings is 2. The molecule has 220 valence electrons. The molecule has 0 aliphatic rings. The van der Waals surface area contributed by atoms with E-state index in [2.05, 4.69) is 57.1 Å². The van der Waals surface area contributed by atoms with E-state index in [4.69, 9.17) is 10.2 Å². The molecule has 0 fully saturated rings. The first-order valence-corrected chi connectivity index (χ1v) is 14.0. The minimum atomic E-state index is -1.08. The quantitative estimate of drug-likeness (QED) is 0.151. The number of rotatable bonds is 16. The number of carbonyl (C=O) groups excluding carboxylic acids is 1. The second kappa shape index (κ2) is 20.2. The summed E-state index contributed by atoms with van der Waals surface area (Å²) in [5, 5.41) is 17.3. The van der Waals surface area contributed by atoms with Crippen molar-refractivity contribution < 1.29 is 24.6 Å². The number of hydrogen-bond acceptors (Lipinski definition) is 4. The minimum absolute atomic E-state index is 0. The summed E-state index contributed by atoms with van der Waals surface area (Å²) >= 11 is 0. The highest BCUT2D eigenvalue weighted by atomic mass is 27.0. The molecule has 0 heterocycles. The zero-order valence-electron chi connectivity index (χ0n) is 24.3. The number of allylic oxidation sites excluding steroid dienone is 1. The molecule has 0 radical (unpaired) electrons. The van der Waals surface area contributed by atoms with Gasteiger partial charge in [0.25, 0.3) is 0 Å². The zero-order chi connectivity index (χ0) is 29.3. The first-order valence-electron chi connectivity index (χ1n) is 14.0. The molecule has 0 bridgehead atoms. The van der Waals surface area contributed by atoms with Crippen LogP contribution in [0.1, 0.15) is 83.3 Å². The van der Waals surface area contributed by atoms with Gasteiger partial charge in [-0.2, -0.15) is 0 Å². The van der Waals surface area contributed by atoms with Crippen LogP contribution in [0.4, 0.5) is 0 Å². The van der Waals surface area contributed by atoms with Gasteiger partial charge in [0.1, 0.15) is 5.78 Å². The maximum atomic E-state index is 13.2. The Morgan fingerprint density at radius 1 is 0.875 bits per heavy atom. The molecule has 6 nitrogen and oxygen atoms in total. The Bertz CT molecular complexity index is 984. The molecule has 2 rings (SSSR count). The third kappa shape index (κ3) is 12.2. The molecule has 0 aliphatic carbocycles. The van der Waals surface area contributed by atoms with Crippen LogP contribution in [0.3, 0.4) is 0 Å². The van der Waals surface area contributed by atoms with Crippen molar-refractivity contribution in [2.75, 3.05) is 14.1 Å². The average molecular weight is 568 g/mol. The van der Waals surface area contributed by atoms with Crippen LogP contribution >= 0.6 is 0 Å². The molecular weight excluding hydrogens is 517 g/mol. The van der Waals surface area contributed by atoms with Crippen molar-refractivity contribution in [2.24, 2.45) is 5.92 Å². The number of ketones is 1. The van der Waals surface area contributed by atoms with Gasteiger partial charge in [-0.15, -0.1) is 0 Å². The molecule has 0 spiro atoms. The van der Waals surface area contributed by atoms with E-state index in [1.165, 1.54) is 18.9 Å². The smallest absolute Gasteiger partial charge is 0.310 e. The number of nitrogens with zero attached hydrogens (tertiary/aromatic N) is 1. The van der Waals surface area contributed by atoms with Gasteiger partial charge < -0.3 is 15.1 Å². The largest absolute Gasteiger partial charge is 0.481 e. The van der Waals surface area contributed by atoms with Crippen molar-refractivity contribution >= 4 is 35.1 Å². The summed E-state index contributed by atoms with van der Waals surface area (Å²) in [7, 11) is 4.14. The van der Waals surface area contributed by atoms with Gasteiger partial charge in [-0.3, -0.25) is 14.4 Å². The lowest BCUT2D eigenvalue weighted by atomic mass is 9.67. The van der Waals surface area contributed by atoms with Gasteiger partial charge in [-0.1, -0.05) is 106 Å². The molecule has 40 heavy (non-hydrogen) atoms. The van der Waals surface area contributed by atoms with Crippen molar-refractivity contribution in [3.8, 4) is 0 Å². The van der Waals surface area contributed by atoms with E-state index in [1.807, 2.05) is 43.3 Å². The summed E-state index contributed by atoms with van der Waals surface area (Å²) in [4.78, 5) is 36.4. The van der Waals surface area contributed by atoms with Crippen LogP contribution in [0.15, 0.2) is 72.8 Å². The van der Waals surface area contributed by atoms with E-state index >= 15 is 0 Å². The molecular formula is C33H50AlNO5. The Morgan fingerprint density at radius 3 is 1.80 bits per heavy atom. The molecule has 0 amide bonds. The number of unbranched alkanes of at least 4 members (excludes halogenated alkanes) is 4. The Morgan fingerprint density at radius 2 is 1.40 bits per heavy atom. The molecule has 2 atom stereocenters. The summed E-state index contributed by atoms with van der Waals surface area (Å²) < 4.78 is 0. The maximum absolute atomic E-state index is 13.2. The van der Waals surface area contributed by atoms with E-state index in [-0.39, 0.29) is 29.6 Å². The highest BCUT2D eigenvalue weighted by Gasteiger charge is 2.41. The fourth-order valence-electron chi connectivity index (χ4n) is 4.59. The molecule has 0 saturated carbocycles. The van der Waals surface area contributed by atoms with Crippen LogP contribution in [0, 0.1) is 5.92 Å². The molecule has 2 N–H and O–H groups in total. The van der Waals surface area contributed by atoms with Gasteiger partial charge in [-0.25, -0.2) is 0 Å². The number of carbonyl (C=O) groups is 3. The minimum Gasteiger partial charge on any atom is -0.481 e. The summed E-state index contributed by atoms with van der Waals surface area (Å²) in [6, 6.07) is 20.7. The summed E-state index contributed by atoms with van der Waals surface area (Å²) in [5.74, 6) is -2.78. The second-order valence-corrected chi connectivity index (χ2v) is 10.3. The monoisotopic (exact) mass is 567 g/mol. The average Bonchev–Trinajstić information content (AvgIpc) is 2.93. The Hall–Kier alpha value is -2.72. The van der Waals surface area contributed by atoms with Gasteiger partial charge in [0, 0.05) is 12.5 Å². The number of hydrogen-bond donors (Lipinski definition) is 2. The maximum Gasteiger partial charge on any atom is 0.310 e. The fraction of sp³-hybridized carbons (Fsp3) is 0.485. The van der Waals surface area contributed by atoms with Gasteiger partial charge >= 0.3 is 11.9 Å². The van der Waals surface area contributed by atoms with Crippen molar-refractivity contribution in [1.82, 2.24) is 4.90 Å². The molecule has 0 aromatic heterocycles. The van der Waals surface area contributed by atoms with Crippen LogP contribution in [-0.4, -0.2) is 70.3 Å². The Kier molecular flexibility index (Phi) is 18.8. The zero-order valence-corrected chi connectivity index (χ0v) is 24.3. The fourth-order valence-corrected chi connectivity index (χ4v) is 4.59. The second-order valence-electron chi connectivity index (χ2n) is 10.3. The molecule has 2 unspecified atom stereocenters. The first kappa shape index (κ1) is 37.3. The van der Waals surface area contributed by atoms with E-state index in [1.54, 1.807) is 6.08 Å². The van der Waals surface area contributed by atoms with E-state index < -0.39 is 23.3 Å². The SMILES string of the molecule is CCC(=O)C(CC(C)N(C)C)(c1ccccc1)c1ccccc1.CCCCCC/C=C/C(CC(=O)O)C(=O)O.[AlH3]. The van der Waals surface area contributed by atoms with Crippen molar-refractivity contribution in [3.63, 3.8) is 0 Å². The molecule has 2 aromatic carbocycles. The van der Waals surface area contributed by atoms with Gasteiger partial charge in [0.05, 0.1) is 17.8 Å². The highest BCUT2D eigenvalue weighted by Crippen LogP contribution is 2.39. The Labute approximate surface area is 251 Å². The predicted molar refractivity (Wildman–Crippen MR) is 168 cm³/mol. The highest BCUT2D eigenvalue weighted by molar-refractivity contribution is 5.93. The number of carboxylic acid groups (broad SMARTS) is 2. The normalized spacial score (nSPS) is 12.7. The lowest BCUT2D eigenvalue weighted by molar-refractivity contribution is -0.146.